The number of nitrogens with one attached hydrogen (secondary N) is 1. The van der Waals surface area contributed by atoms with Crippen LogP contribution in [0.3, 0.4) is 0 Å². The molecule has 2 aromatic carbocycles. The van der Waals surface area contributed by atoms with Gasteiger partial charge in [-0.15, -0.1) is 0 Å². The van der Waals surface area contributed by atoms with Crippen LogP contribution in [0, 0.1) is 0 Å². The number of benzene rings is 2. The number of H-pyrrole nitrogens is 1. The first-order chi connectivity index (χ1) is 12.7. The number of aromatic amines is 1. The first-order valence-electron chi connectivity index (χ1n) is 8.09. The highest BCUT2D eigenvalue weighted by molar-refractivity contribution is 5.90. The van der Waals surface area contributed by atoms with E-state index in [2.05, 4.69) is 15.1 Å². The van der Waals surface area contributed by atoms with Gasteiger partial charge in [0.05, 0.1) is 17.7 Å². The van der Waals surface area contributed by atoms with Gasteiger partial charge in [-0.3, -0.25) is 4.79 Å². The topological polar surface area (TPSA) is 101 Å². The molecule has 0 bridgehead atoms. The molecule has 130 valence electrons. The van der Waals surface area contributed by atoms with Crippen LogP contribution in [0.15, 0.2) is 57.8 Å². The molecule has 0 unspecified atom stereocenters. The van der Waals surface area contributed by atoms with E-state index >= 15 is 0 Å². The predicted molar refractivity (Wildman–Crippen MR) is 96.1 cm³/mol. The van der Waals surface area contributed by atoms with Crippen molar-refractivity contribution in [2.45, 2.75) is 6.92 Å². The minimum atomic E-state index is -0.505. The molecule has 0 atom stereocenters. The van der Waals surface area contributed by atoms with Crippen LogP contribution >= 0.6 is 0 Å². The zero-order valence-electron chi connectivity index (χ0n) is 13.9. The molecule has 0 spiro atoms. The number of para-hydroxylation sites is 2. The van der Waals surface area contributed by atoms with Crippen LogP contribution in [0.1, 0.15) is 6.92 Å². The number of hydrogen-bond acceptors (Lipinski definition) is 6. The van der Waals surface area contributed by atoms with E-state index in [1.54, 1.807) is 36.4 Å². The van der Waals surface area contributed by atoms with E-state index in [9.17, 15) is 9.90 Å². The number of ether oxygens (including phenoxy) is 1. The first kappa shape index (κ1) is 15.9. The smallest absolute Gasteiger partial charge is 0.267 e. The molecule has 0 saturated carbocycles. The summed E-state index contributed by atoms with van der Waals surface area (Å²) in [6, 6.07) is 14.2. The normalized spacial score (nSPS) is 11.0. The number of rotatable bonds is 4. The maximum absolute atomic E-state index is 12.4. The Labute approximate surface area is 147 Å². The summed E-state index contributed by atoms with van der Waals surface area (Å²) in [5.74, 6) is 0.628. The number of nitrogens with zero attached hydrogens (tertiary/aromatic N) is 2. The SMILES string of the molecule is CCOc1ccccc1-c1noc(-c2c(O)c3ccccc3[nH]c2=O)n1. The second-order valence-electron chi connectivity index (χ2n) is 5.58. The van der Waals surface area contributed by atoms with Crippen LogP contribution in [0.25, 0.3) is 33.7 Å². The zero-order chi connectivity index (χ0) is 18.1. The summed E-state index contributed by atoms with van der Waals surface area (Å²) in [6.45, 7) is 2.37. The molecule has 2 aromatic heterocycles. The minimum Gasteiger partial charge on any atom is -0.506 e. The highest BCUT2D eigenvalue weighted by Crippen LogP contribution is 2.33. The van der Waals surface area contributed by atoms with Crippen molar-refractivity contribution in [1.82, 2.24) is 15.1 Å². The van der Waals surface area contributed by atoms with Crippen molar-refractivity contribution < 1.29 is 14.4 Å². The lowest BCUT2D eigenvalue weighted by atomic mass is 10.1. The lowest BCUT2D eigenvalue weighted by Gasteiger charge is -2.06. The van der Waals surface area contributed by atoms with Gasteiger partial charge < -0.3 is 19.4 Å². The average Bonchev–Trinajstić information content (AvgIpc) is 3.12. The van der Waals surface area contributed by atoms with Crippen molar-refractivity contribution in [3.05, 3.63) is 58.9 Å². The Bertz CT molecular complexity index is 1150. The zero-order valence-corrected chi connectivity index (χ0v) is 13.9. The van der Waals surface area contributed by atoms with Gasteiger partial charge in [0.25, 0.3) is 11.4 Å². The van der Waals surface area contributed by atoms with Crippen molar-refractivity contribution in [3.8, 4) is 34.3 Å². The van der Waals surface area contributed by atoms with Crippen molar-refractivity contribution in [3.63, 3.8) is 0 Å². The van der Waals surface area contributed by atoms with E-state index in [4.69, 9.17) is 9.26 Å². The van der Waals surface area contributed by atoms with Crippen molar-refractivity contribution in [2.24, 2.45) is 0 Å². The van der Waals surface area contributed by atoms with E-state index in [1.807, 2.05) is 19.1 Å². The van der Waals surface area contributed by atoms with Crippen LogP contribution in [0.2, 0.25) is 0 Å². The van der Waals surface area contributed by atoms with E-state index < -0.39 is 5.56 Å². The molecular weight excluding hydrogens is 334 g/mol. The molecular formula is C19H15N3O4. The average molecular weight is 349 g/mol. The van der Waals surface area contributed by atoms with Gasteiger partial charge >= 0.3 is 0 Å². The summed E-state index contributed by atoms with van der Waals surface area (Å²) >= 11 is 0. The Morgan fingerprint density at radius 1 is 1.15 bits per heavy atom. The van der Waals surface area contributed by atoms with E-state index in [0.29, 0.717) is 28.8 Å². The summed E-state index contributed by atoms with van der Waals surface area (Å²) in [5.41, 5.74) is 0.604. The molecule has 0 aliphatic heterocycles. The molecule has 7 heteroatoms. The number of hydrogen-bond donors (Lipinski definition) is 2. The fourth-order valence-electron chi connectivity index (χ4n) is 2.79. The van der Waals surface area contributed by atoms with Crippen LogP contribution in [-0.4, -0.2) is 26.8 Å². The maximum atomic E-state index is 12.4. The maximum Gasteiger partial charge on any atom is 0.267 e. The van der Waals surface area contributed by atoms with Gasteiger partial charge in [-0.05, 0) is 31.2 Å². The van der Waals surface area contributed by atoms with Crippen LogP contribution < -0.4 is 10.3 Å². The molecule has 26 heavy (non-hydrogen) atoms. The van der Waals surface area contributed by atoms with Gasteiger partial charge in [0.2, 0.25) is 5.82 Å². The lowest BCUT2D eigenvalue weighted by Crippen LogP contribution is -2.09. The van der Waals surface area contributed by atoms with E-state index in [1.165, 1.54) is 0 Å². The monoisotopic (exact) mass is 349 g/mol. The standard InChI is InChI=1S/C19H15N3O4/c1-2-25-14-10-6-4-8-12(14)17-21-19(26-22-17)15-16(23)11-7-3-5-9-13(11)20-18(15)24/h3-10H,2H2,1H3,(H2,20,23,24). The largest absolute Gasteiger partial charge is 0.506 e. The van der Waals surface area contributed by atoms with Crippen molar-refractivity contribution >= 4 is 10.9 Å². The third-order valence-electron chi connectivity index (χ3n) is 3.96. The molecule has 4 aromatic rings. The van der Waals surface area contributed by atoms with Gasteiger partial charge in [-0.1, -0.05) is 29.4 Å². The highest BCUT2D eigenvalue weighted by atomic mass is 16.5. The Kier molecular flexibility index (Phi) is 3.89. The third kappa shape index (κ3) is 2.59. The van der Waals surface area contributed by atoms with Gasteiger partial charge in [0.15, 0.2) is 0 Å². The third-order valence-corrected chi connectivity index (χ3v) is 3.96. The Balaban J connectivity index is 1.85. The Morgan fingerprint density at radius 3 is 2.77 bits per heavy atom. The molecule has 0 aliphatic carbocycles. The predicted octanol–water partition coefficient (Wildman–Crippen LogP) is 3.35. The first-order valence-corrected chi connectivity index (χ1v) is 8.09. The van der Waals surface area contributed by atoms with E-state index in [-0.39, 0.29) is 23.0 Å². The molecule has 0 fully saturated rings. The van der Waals surface area contributed by atoms with Gasteiger partial charge in [0.1, 0.15) is 17.1 Å². The van der Waals surface area contributed by atoms with Crippen LogP contribution in [0.4, 0.5) is 0 Å². The van der Waals surface area contributed by atoms with Gasteiger partial charge in [-0.25, -0.2) is 0 Å². The fraction of sp³-hybridized carbons (Fsp3) is 0.105. The summed E-state index contributed by atoms with van der Waals surface area (Å²) in [7, 11) is 0. The van der Waals surface area contributed by atoms with Crippen molar-refractivity contribution in [2.75, 3.05) is 6.61 Å². The summed E-state index contributed by atoms with van der Waals surface area (Å²) in [6.07, 6.45) is 0. The molecule has 4 rings (SSSR count). The molecule has 0 aliphatic rings. The molecule has 2 heterocycles. The number of aromatic nitrogens is 3. The molecule has 2 N–H and O–H groups in total. The summed E-state index contributed by atoms with van der Waals surface area (Å²) < 4.78 is 10.8. The molecule has 0 amide bonds. The Hall–Kier alpha value is -3.61. The van der Waals surface area contributed by atoms with Gasteiger partial charge in [-0.2, -0.15) is 4.98 Å². The Morgan fingerprint density at radius 2 is 1.92 bits per heavy atom. The van der Waals surface area contributed by atoms with Crippen LogP contribution in [-0.2, 0) is 0 Å². The van der Waals surface area contributed by atoms with Crippen LogP contribution in [0.5, 0.6) is 11.5 Å². The lowest BCUT2D eigenvalue weighted by molar-refractivity contribution is 0.341. The highest BCUT2D eigenvalue weighted by Gasteiger charge is 2.21. The van der Waals surface area contributed by atoms with E-state index in [0.717, 1.165) is 0 Å². The number of pyridine rings is 1. The fourth-order valence-corrected chi connectivity index (χ4v) is 2.79. The van der Waals surface area contributed by atoms with Gasteiger partial charge in [0, 0.05) is 5.39 Å². The number of aromatic hydroxyl groups is 1. The summed E-state index contributed by atoms with van der Waals surface area (Å²) in [4.78, 5) is 19.4. The minimum absolute atomic E-state index is 0.0589. The summed E-state index contributed by atoms with van der Waals surface area (Å²) in [5, 5.41) is 15.0. The second kappa shape index (κ2) is 6.36. The quantitative estimate of drug-likeness (QED) is 0.586. The molecule has 0 radical (unpaired) electrons. The molecule has 7 nitrogen and oxygen atoms in total. The second-order valence-corrected chi connectivity index (χ2v) is 5.58. The number of fused-ring (bicyclic) bond motifs is 1. The molecule has 0 saturated heterocycles. The van der Waals surface area contributed by atoms with Crippen molar-refractivity contribution in [1.29, 1.82) is 0 Å².